The Kier molecular flexibility index (Phi) is 2.66. The number of benzene rings is 1. The smallest absolute Gasteiger partial charge is 0.252 e. The van der Waals surface area contributed by atoms with Crippen molar-refractivity contribution in [1.82, 2.24) is 5.32 Å². The molecule has 0 aliphatic carbocycles. The molecule has 0 spiro atoms. The number of hydrogen-bond donors (Lipinski definition) is 1. The van der Waals surface area contributed by atoms with Gasteiger partial charge in [-0.1, -0.05) is 29.1 Å². The molecule has 0 heterocycles. The van der Waals surface area contributed by atoms with Crippen LogP contribution in [0.25, 0.3) is 0 Å². The largest absolute Gasteiger partial charge is 0.336 e. The molecule has 4 heteroatoms. The molecular formula is C12H11Cl2NO. The summed E-state index contributed by atoms with van der Waals surface area (Å²) < 4.78 is 23.0. The lowest BCUT2D eigenvalue weighted by atomic mass is 10.1. The molecule has 1 N–H and O–H groups in total. The molecule has 0 saturated heterocycles. The topological polar surface area (TPSA) is 29.1 Å². The van der Waals surface area contributed by atoms with Crippen LogP contribution in [0.1, 0.15) is 28.3 Å². The summed E-state index contributed by atoms with van der Waals surface area (Å²) in [6.07, 6.45) is 5.25. The van der Waals surface area contributed by atoms with E-state index in [1.165, 1.54) is 0 Å². The first-order valence-electron chi connectivity index (χ1n) is 5.87. The van der Waals surface area contributed by atoms with Gasteiger partial charge >= 0.3 is 0 Å². The molecule has 2 nitrogen and oxygen atoms in total. The average Bonchev–Trinajstić information content (AvgIpc) is 2.33. The second kappa shape index (κ2) is 4.78. The van der Waals surface area contributed by atoms with Crippen LogP contribution in [0.4, 0.5) is 0 Å². The molecule has 84 valence electrons. The highest BCUT2D eigenvalue weighted by Crippen LogP contribution is 2.19. The summed E-state index contributed by atoms with van der Waals surface area (Å²) in [6.45, 7) is 3.19. The van der Waals surface area contributed by atoms with E-state index in [2.05, 4.69) is 11.2 Å². The van der Waals surface area contributed by atoms with Crippen LogP contribution in [-0.2, 0) is 0 Å². The number of rotatable bonds is 2. The molecular weight excluding hydrogens is 245 g/mol. The van der Waals surface area contributed by atoms with Crippen molar-refractivity contribution in [3.05, 3.63) is 33.7 Å². The Bertz CT molecular complexity index is 565. The monoisotopic (exact) mass is 258 g/mol. The maximum atomic E-state index is 12.1. The molecule has 0 atom stereocenters. The molecule has 1 aromatic carbocycles. The van der Waals surface area contributed by atoms with Crippen LogP contribution in [0.15, 0.2) is 18.1 Å². The highest BCUT2D eigenvalue weighted by atomic mass is 35.5. The minimum atomic E-state index is -0.936. The summed E-state index contributed by atoms with van der Waals surface area (Å²) in [7, 11) is 0. The molecule has 0 bridgehead atoms. The van der Waals surface area contributed by atoms with Gasteiger partial charge in [0.1, 0.15) is 0 Å². The quantitative estimate of drug-likeness (QED) is 0.812. The first-order chi connectivity index (χ1) is 8.62. The summed E-state index contributed by atoms with van der Waals surface area (Å²) in [6, 6.07) is -1.16. The molecule has 1 amide bonds. The molecule has 0 unspecified atom stereocenters. The molecule has 0 aliphatic rings. The minimum Gasteiger partial charge on any atom is -0.336 e. The lowest BCUT2D eigenvalue weighted by Crippen LogP contribution is -2.42. The molecule has 0 saturated carbocycles. The second-order valence-corrected chi connectivity index (χ2v) is 4.36. The normalized spacial score (nSPS) is 13.3. The zero-order valence-electron chi connectivity index (χ0n) is 11.7. The summed E-state index contributed by atoms with van der Waals surface area (Å²) in [5, 5.41) is 1.94. The van der Waals surface area contributed by atoms with Gasteiger partial charge in [-0.2, -0.15) is 0 Å². The van der Waals surface area contributed by atoms with E-state index in [1.54, 1.807) is 13.8 Å². The number of hydrogen-bond acceptors (Lipinski definition) is 1. The lowest BCUT2D eigenvalue weighted by molar-refractivity contribution is 0.0930. The van der Waals surface area contributed by atoms with Gasteiger partial charge in [-0.05, 0) is 32.0 Å². The molecule has 1 rings (SSSR count). The number of nitrogens with one attached hydrogen (secondary N) is 1. The van der Waals surface area contributed by atoms with Gasteiger partial charge in [0.25, 0.3) is 5.91 Å². The first-order valence-corrected chi connectivity index (χ1v) is 5.13. The van der Waals surface area contributed by atoms with Crippen LogP contribution in [0.3, 0.4) is 0 Å². The molecule has 0 aliphatic heterocycles. The third-order valence-corrected chi connectivity index (χ3v) is 2.08. The van der Waals surface area contributed by atoms with Crippen LogP contribution < -0.4 is 5.32 Å². The Morgan fingerprint density at radius 3 is 2.38 bits per heavy atom. The van der Waals surface area contributed by atoms with Crippen molar-refractivity contribution in [3.8, 4) is 12.3 Å². The van der Waals surface area contributed by atoms with E-state index in [0.717, 1.165) is 0 Å². The number of terminal acetylenes is 1. The van der Waals surface area contributed by atoms with E-state index in [-0.39, 0.29) is 21.7 Å². The van der Waals surface area contributed by atoms with E-state index in [1.807, 2.05) is 0 Å². The number of carbonyl (C=O) groups excluding carboxylic acids is 1. The fraction of sp³-hybridized carbons (Fsp3) is 0.250. The van der Waals surface area contributed by atoms with Crippen molar-refractivity contribution >= 4 is 29.1 Å². The van der Waals surface area contributed by atoms with Crippen molar-refractivity contribution in [2.45, 2.75) is 19.4 Å². The zero-order valence-corrected chi connectivity index (χ0v) is 10.3. The van der Waals surface area contributed by atoms with Gasteiger partial charge in [0.15, 0.2) is 0 Å². The minimum absolute atomic E-state index is 0.273. The molecule has 0 fully saturated rings. The van der Waals surface area contributed by atoms with E-state index in [4.69, 9.17) is 33.7 Å². The third-order valence-electron chi connectivity index (χ3n) is 1.70. The fourth-order valence-electron chi connectivity index (χ4n) is 0.906. The summed E-state index contributed by atoms with van der Waals surface area (Å²) in [5.74, 6) is 1.64. The maximum absolute atomic E-state index is 12.1. The van der Waals surface area contributed by atoms with Crippen LogP contribution in [-0.4, -0.2) is 11.4 Å². The van der Waals surface area contributed by atoms with Crippen LogP contribution in [0, 0.1) is 12.3 Å². The van der Waals surface area contributed by atoms with Gasteiger partial charge in [-0.15, -0.1) is 6.42 Å². The predicted molar refractivity (Wildman–Crippen MR) is 66.8 cm³/mol. The lowest BCUT2D eigenvalue weighted by Gasteiger charge is -2.19. The summed E-state index contributed by atoms with van der Waals surface area (Å²) >= 11 is 11.5. The van der Waals surface area contributed by atoms with E-state index < -0.39 is 23.5 Å². The summed E-state index contributed by atoms with van der Waals surface area (Å²) in [5.41, 5.74) is -1.23. The van der Waals surface area contributed by atoms with Crippen LogP contribution in [0.2, 0.25) is 10.0 Å². The number of halogens is 2. The van der Waals surface area contributed by atoms with Crippen LogP contribution >= 0.6 is 23.2 Å². The third kappa shape index (κ3) is 3.44. The fourth-order valence-corrected chi connectivity index (χ4v) is 1.33. The van der Waals surface area contributed by atoms with Gasteiger partial charge in [0.05, 0.1) is 9.65 Å². The standard InChI is InChI=1S/C12H11Cl2NO/c1-4-12(2,3)15-11(16)8-5-9(13)7-10(14)6-8/h1,5-7H,2-3H3,(H,15,16)/i5D,6D,7D. The first kappa shape index (κ1) is 8.92. The summed E-state index contributed by atoms with van der Waals surface area (Å²) in [4.78, 5) is 12.1. The van der Waals surface area contributed by atoms with Gasteiger partial charge in [-0.25, -0.2) is 0 Å². The van der Waals surface area contributed by atoms with Crippen molar-refractivity contribution < 1.29 is 8.91 Å². The zero-order chi connectivity index (χ0) is 15.0. The van der Waals surface area contributed by atoms with E-state index >= 15 is 0 Å². The number of amides is 1. The number of carbonyl (C=O) groups is 1. The average molecular weight is 259 g/mol. The van der Waals surface area contributed by atoms with Crippen molar-refractivity contribution in [2.24, 2.45) is 0 Å². The molecule has 1 aromatic rings. The van der Waals surface area contributed by atoms with Crippen molar-refractivity contribution in [2.75, 3.05) is 0 Å². The van der Waals surface area contributed by atoms with Crippen molar-refractivity contribution in [1.29, 1.82) is 0 Å². The Hall–Kier alpha value is -1.17. The SMILES string of the molecule is [2H]c1c(Cl)c([2H])c(C(=O)NC(C)(C)C#C)c([2H])c1Cl. The molecule has 16 heavy (non-hydrogen) atoms. The van der Waals surface area contributed by atoms with E-state index in [9.17, 15) is 4.79 Å². The predicted octanol–water partition coefficient (Wildman–Crippen LogP) is 3.14. The van der Waals surface area contributed by atoms with Gasteiger partial charge in [0, 0.05) is 15.6 Å². The van der Waals surface area contributed by atoms with E-state index in [0.29, 0.717) is 0 Å². The molecule has 0 aromatic heterocycles. The van der Waals surface area contributed by atoms with Crippen LogP contribution in [0.5, 0.6) is 0 Å². The maximum Gasteiger partial charge on any atom is 0.252 e. The highest BCUT2D eigenvalue weighted by molar-refractivity contribution is 6.35. The van der Waals surface area contributed by atoms with Gasteiger partial charge in [0.2, 0.25) is 0 Å². The van der Waals surface area contributed by atoms with Crippen molar-refractivity contribution in [3.63, 3.8) is 0 Å². The Labute approximate surface area is 109 Å². The Morgan fingerprint density at radius 2 is 1.94 bits per heavy atom. The van der Waals surface area contributed by atoms with Gasteiger partial charge < -0.3 is 5.32 Å². The highest BCUT2D eigenvalue weighted by Gasteiger charge is 2.18. The Morgan fingerprint density at radius 1 is 1.44 bits per heavy atom. The molecule has 0 radical (unpaired) electrons. The van der Waals surface area contributed by atoms with Gasteiger partial charge in [-0.3, -0.25) is 4.79 Å². The Balaban J connectivity index is 3.38. The second-order valence-electron chi connectivity index (χ2n) is 3.60.